The molecule has 0 saturated carbocycles. The Hall–Kier alpha value is -1.22. The van der Waals surface area contributed by atoms with Crippen LogP contribution in [0.3, 0.4) is 0 Å². The summed E-state index contributed by atoms with van der Waals surface area (Å²) in [6.07, 6.45) is 1.97. The van der Waals surface area contributed by atoms with E-state index in [4.69, 9.17) is 4.74 Å². The van der Waals surface area contributed by atoms with Crippen molar-refractivity contribution in [1.82, 2.24) is 0 Å². The zero-order valence-corrected chi connectivity index (χ0v) is 10.0. The first-order valence-electron chi connectivity index (χ1n) is 5.99. The molecule has 2 rings (SSSR count). The molecule has 0 aromatic heterocycles. The second-order valence-corrected chi connectivity index (χ2v) is 4.72. The van der Waals surface area contributed by atoms with E-state index in [1.165, 1.54) is 12.1 Å². The van der Waals surface area contributed by atoms with Crippen molar-refractivity contribution in [2.24, 2.45) is 5.92 Å². The fraction of sp³-hybridized carbons (Fsp3) is 0.500. The highest BCUT2D eigenvalue weighted by Crippen LogP contribution is 2.18. The number of hydrogen-bond donors (Lipinski definition) is 0. The highest BCUT2D eigenvalue weighted by molar-refractivity contribution is 5.81. The van der Waals surface area contributed by atoms with Crippen molar-refractivity contribution >= 4 is 5.78 Å². The van der Waals surface area contributed by atoms with Crippen LogP contribution in [0.5, 0.6) is 0 Å². The molecule has 1 saturated heterocycles. The second kappa shape index (κ2) is 5.41. The molecule has 17 heavy (non-hydrogen) atoms. The summed E-state index contributed by atoms with van der Waals surface area (Å²) in [7, 11) is 0. The predicted octanol–water partition coefficient (Wildman–Crippen LogP) is 2.67. The van der Waals surface area contributed by atoms with Gasteiger partial charge in [-0.3, -0.25) is 4.79 Å². The summed E-state index contributed by atoms with van der Waals surface area (Å²) < 4.78 is 18.2. The summed E-state index contributed by atoms with van der Waals surface area (Å²) in [5, 5.41) is 0. The number of halogens is 1. The number of aryl methyl sites for hydroxylation is 1. The SMILES string of the molecule is Cc1cc(F)ccc1CC(=O)CC1CCOC1. The lowest BCUT2D eigenvalue weighted by Crippen LogP contribution is -2.11. The Bertz CT molecular complexity index is 409. The smallest absolute Gasteiger partial charge is 0.137 e. The molecule has 92 valence electrons. The molecule has 0 spiro atoms. The predicted molar refractivity (Wildman–Crippen MR) is 63.4 cm³/mol. The van der Waals surface area contributed by atoms with Gasteiger partial charge in [-0.2, -0.15) is 0 Å². The Morgan fingerprint density at radius 2 is 2.35 bits per heavy atom. The Kier molecular flexibility index (Phi) is 3.89. The molecule has 1 fully saturated rings. The number of ether oxygens (including phenoxy) is 1. The van der Waals surface area contributed by atoms with Crippen LogP contribution in [-0.2, 0) is 16.0 Å². The van der Waals surface area contributed by atoms with Crippen LogP contribution in [0.2, 0.25) is 0 Å². The largest absolute Gasteiger partial charge is 0.381 e. The van der Waals surface area contributed by atoms with Gasteiger partial charge in [-0.25, -0.2) is 4.39 Å². The van der Waals surface area contributed by atoms with Crippen molar-refractivity contribution in [3.05, 3.63) is 35.1 Å². The summed E-state index contributed by atoms with van der Waals surface area (Å²) in [6, 6.07) is 4.59. The molecular weight excluding hydrogens is 219 g/mol. The number of rotatable bonds is 4. The van der Waals surface area contributed by atoms with Crippen LogP contribution in [-0.4, -0.2) is 19.0 Å². The van der Waals surface area contributed by atoms with Crippen molar-refractivity contribution in [3.63, 3.8) is 0 Å². The Labute approximate surface area is 101 Å². The van der Waals surface area contributed by atoms with Crippen molar-refractivity contribution in [3.8, 4) is 0 Å². The molecule has 0 amide bonds. The van der Waals surface area contributed by atoms with Crippen LogP contribution in [0, 0.1) is 18.7 Å². The highest BCUT2D eigenvalue weighted by atomic mass is 19.1. The summed E-state index contributed by atoms with van der Waals surface area (Å²) in [5.74, 6) is 0.348. The molecule has 1 aromatic carbocycles. The fourth-order valence-electron chi connectivity index (χ4n) is 2.21. The van der Waals surface area contributed by atoms with Crippen molar-refractivity contribution in [2.45, 2.75) is 26.2 Å². The van der Waals surface area contributed by atoms with Gasteiger partial charge in [-0.05, 0) is 42.5 Å². The van der Waals surface area contributed by atoms with Crippen molar-refractivity contribution < 1.29 is 13.9 Å². The van der Waals surface area contributed by atoms with Crippen molar-refractivity contribution in [2.75, 3.05) is 13.2 Å². The zero-order valence-electron chi connectivity index (χ0n) is 10.0. The van der Waals surface area contributed by atoms with Gasteiger partial charge in [0, 0.05) is 26.1 Å². The van der Waals surface area contributed by atoms with E-state index in [9.17, 15) is 9.18 Å². The minimum absolute atomic E-state index is 0.218. The van der Waals surface area contributed by atoms with Crippen LogP contribution >= 0.6 is 0 Å². The van der Waals surface area contributed by atoms with E-state index in [1.54, 1.807) is 6.07 Å². The minimum atomic E-state index is -0.247. The average Bonchev–Trinajstić information content (AvgIpc) is 2.75. The van der Waals surface area contributed by atoms with Crippen LogP contribution < -0.4 is 0 Å². The molecule has 0 aliphatic carbocycles. The third kappa shape index (κ3) is 3.37. The number of benzene rings is 1. The first-order valence-corrected chi connectivity index (χ1v) is 5.99. The average molecular weight is 236 g/mol. The van der Waals surface area contributed by atoms with Gasteiger partial charge in [0.2, 0.25) is 0 Å². The Balaban J connectivity index is 1.93. The maximum Gasteiger partial charge on any atom is 0.137 e. The molecule has 1 aromatic rings. The second-order valence-electron chi connectivity index (χ2n) is 4.72. The molecule has 1 unspecified atom stereocenters. The van der Waals surface area contributed by atoms with E-state index in [2.05, 4.69) is 0 Å². The molecule has 1 aliphatic rings. The number of carbonyl (C=O) groups excluding carboxylic acids is 1. The lowest BCUT2D eigenvalue weighted by molar-refractivity contribution is -0.119. The summed E-state index contributed by atoms with van der Waals surface area (Å²) in [6.45, 7) is 3.31. The molecule has 0 bridgehead atoms. The molecule has 0 radical (unpaired) electrons. The van der Waals surface area contributed by atoms with Gasteiger partial charge >= 0.3 is 0 Å². The standard InChI is InChI=1S/C14H17FO2/c1-10-6-13(15)3-2-12(10)8-14(16)7-11-4-5-17-9-11/h2-3,6,11H,4-5,7-9H2,1H3. The fourth-order valence-corrected chi connectivity index (χ4v) is 2.21. The van der Waals surface area contributed by atoms with Gasteiger partial charge in [0.05, 0.1) is 0 Å². The number of ketones is 1. The normalized spacial score (nSPS) is 19.5. The topological polar surface area (TPSA) is 26.3 Å². The summed E-state index contributed by atoms with van der Waals surface area (Å²) >= 11 is 0. The summed E-state index contributed by atoms with van der Waals surface area (Å²) in [5.41, 5.74) is 1.77. The first kappa shape index (κ1) is 12.2. The van der Waals surface area contributed by atoms with E-state index < -0.39 is 0 Å². The molecule has 1 atom stereocenters. The highest BCUT2D eigenvalue weighted by Gasteiger charge is 2.19. The van der Waals surface area contributed by atoms with Crippen LogP contribution in [0.25, 0.3) is 0 Å². The van der Waals surface area contributed by atoms with E-state index in [-0.39, 0.29) is 11.6 Å². The first-order chi connectivity index (χ1) is 8.15. The Morgan fingerprint density at radius 3 is 3.00 bits per heavy atom. The van der Waals surface area contributed by atoms with Gasteiger partial charge < -0.3 is 4.74 Å². The lowest BCUT2D eigenvalue weighted by Gasteiger charge is -2.08. The molecular formula is C14H17FO2. The van der Waals surface area contributed by atoms with Crippen LogP contribution in [0.4, 0.5) is 4.39 Å². The maximum atomic E-state index is 12.9. The number of carbonyl (C=O) groups is 1. The third-order valence-corrected chi connectivity index (χ3v) is 3.23. The van der Waals surface area contributed by atoms with E-state index in [0.717, 1.165) is 24.2 Å². The lowest BCUT2D eigenvalue weighted by atomic mass is 9.96. The van der Waals surface area contributed by atoms with Gasteiger partial charge in [0.1, 0.15) is 11.6 Å². The van der Waals surface area contributed by atoms with E-state index >= 15 is 0 Å². The molecule has 3 heteroatoms. The number of hydrogen-bond acceptors (Lipinski definition) is 2. The molecule has 2 nitrogen and oxygen atoms in total. The van der Waals surface area contributed by atoms with E-state index in [0.29, 0.717) is 25.4 Å². The molecule has 0 N–H and O–H groups in total. The summed E-state index contributed by atoms with van der Waals surface area (Å²) in [4.78, 5) is 11.9. The monoisotopic (exact) mass is 236 g/mol. The third-order valence-electron chi connectivity index (χ3n) is 3.23. The van der Waals surface area contributed by atoms with Crippen LogP contribution in [0.15, 0.2) is 18.2 Å². The van der Waals surface area contributed by atoms with E-state index in [1.807, 2.05) is 6.92 Å². The van der Waals surface area contributed by atoms with Crippen LogP contribution in [0.1, 0.15) is 24.0 Å². The number of Topliss-reactive ketones (excluding diaryl/α,β-unsaturated/α-hetero) is 1. The van der Waals surface area contributed by atoms with Gasteiger partial charge in [0.15, 0.2) is 0 Å². The zero-order chi connectivity index (χ0) is 12.3. The van der Waals surface area contributed by atoms with Gasteiger partial charge in [-0.15, -0.1) is 0 Å². The maximum absolute atomic E-state index is 12.9. The van der Waals surface area contributed by atoms with Crippen molar-refractivity contribution in [1.29, 1.82) is 0 Å². The quantitative estimate of drug-likeness (QED) is 0.803. The molecule has 1 aliphatic heterocycles. The molecule has 1 heterocycles. The Morgan fingerprint density at radius 1 is 1.53 bits per heavy atom. The van der Waals surface area contributed by atoms with Gasteiger partial charge in [0.25, 0.3) is 0 Å². The van der Waals surface area contributed by atoms with Gasteiger partial charge in [-0.1, -0.05) is 6.07 Å². The minimum Gasteiger partial charge on any atom is -0.381 e.